The maximum atomic E-state index is 12.4. The molecule has 0 aliphatic heterocycles. The highest BCUT2D eigenvalue weighted by Gasteiger charge is 2.11. The minimum Gasteiger partial charge on any atom is -0.398 e. The molecule has 0 atom stereocenters. The molecule has 0 heterocycles. The molecule has 0 bridgehead atoms. The Hall–Kier alpha value is -2.81. The Labute approximate surface area is 123 Å². The van der Waals surface area contributed by atoms with Crippen LogP contribution in [-0.2, 0) is 0 Å². The van der Waals surface area contributed by atoms with Crippen molar-refractivity contribution in [3.63, 3.8) is 0 Å². The van der Waals surface area contributed by atoms with Crippen molar-refractivity contribution in [2.24, 2.45) is 0 Å². The van der Waals surface area contributed by atoms with Crippen LogP contribution in [0.4, 0.5) is 11.4 Å². The molecule has 104 valence electrons. The predicted molar refractivity (Wildman–Crippen MR) is 87.5 cm³/mol. The van der Waals surface area contributed by atoms with E-state index >= 15 is 0 Å². The molecule has 3 heteroatoms. The standard InChI is InChI=1S/C18H16N2O/c1-12-5-4-8-15(9-12)20-18(21)16-10-13-6-2-3-7-14(13)11-17(16)19/h2-11H,19H2,1H3,(H,20,21). The highest BCUT2D eigenvalue weighted by Crippen LogP contribution is 2.23. The first-order chi connectivity index (χ1) is 10.1. The Morgan fingerprint density at radius 3 is 2.38 bits per heavy atom. The monoisotopic (exact) mass is 276 g/mol. The Kier molecular flexibility index (Phi) is 3.32. The molecular weight excluding hydrogens is 260 g/mol. The number of aryl methyl sites for hydroxylation is 1. The highest BCUT2D eigenvalue weighted by molar-refractivity contribution is 6.10. The largest absolute Gasteiger partial charge is 0.398 e. The fourth-order valence-electron chi connectivity index (χ4n) is 2.38. The average molecular weight is 276 g/mol. The molecule has 21 heavy (non-hydrogen) atoms. The van der Waals surface area contributed by atoms with Gasteiger partial charge in [0.05, 0.1) is 5.56 Å². The fraction of sp³-hybridized carbons (Fsp3) is 0.0556. The van der Waals surface area contributed by atoms with Gasteiger partial charge in [0.1, 0.15) is 0 Å². The maximum absolute atomic E-state index is 12.4. The molecule has 0 aromatic heterocycles. The number of amides is 1. The van der Waals surface area contributed by atoms with Gasteiger partial charge in [-0.15, -0.1) is 0 Å². The summed E-state index contributed by atoms with van der Waals surface area (Å²) in [5.74, 6) is -0.191. The van der Waals surface area contributed by atoms with Crippen molar-refractivity contribution in [1.82, 2.24) is 0 Å². The summed E-state index contributed by atoms with van der Waals surface area (Å²) in [5.41, 5.74) is 8.86. The summed E-state index contributed by atoms with van der Waals surface area (Å²) in [6.07, 6.45) is 0. The minimum atomic E-state index is -0.191. The predicted octanol–water partition coefficient (Wildman–Crippen LogP) is 3.98. The summed E-state index contributed by atoms with van der Waals surface area (Å²) < 4.78 is 0. The number of hydrogen-bond donors (Lipinski definition) is 2. The van der Waals surface area contributed by atoms with Gasteiger partial charge in [-0.1, -0.05) is 36.4 Å². The summed E-state index contributed by atoms with van der Waals surface area (Å²) >= 11 is 0. The number of benzene rings is 3. The van der Waals surface area contributed by atoms with Crippen molar-refractivity contribution in [2.75, 3.05) is 11.1 Å². The Morgan fingerprint density at radius 2 is 1.67 bits per heavy atom. The number of fused-ring (bicyclic) bond motifs is 1. The van der Waals surface area contributed by atoms with Crippen LogP contribution < -0.4 is 11.1 Å². The van der Waals surface area contributed by atoms with Gasteiger partial charge in [0.25, 0.3) is 5.91 Å². The third-order valence-corrected chi connectivity index (χ3v) is 3.44. The fourth-order valence-corrected chi connectivity index (χ4v) is 2.38. The Bertz CT molecular complexity index is 824. The SMILES string of the molecule is Cc1cccc(NC(=O)c2cc3ccccc3cc2N)c1. The minimum absolute atomic E-state index is 0.191. The van der Waals surface area contributed by atoms with Crippen LogP contribution in [-0.4, -0.2) is 5.91 Å². The van der Waals surface area contributed by atoms with E-state index in [9.17, 15) is 4.79 Å². The topological polar surface area (TPSA) is 55.1 Å². The maximum Gasteiger partial charge on any atom is 0.257 e. The van der Waals surface area contributed by atoms with E-state index in [-0.39, 0.29) is 5.91 Å². The lowest BCUT2D eigenvalue weighted by Crippen LogP contribution is -2.14. The van der Waals surface area contributed by atoms with E-state index < -0.39 is 0 Å². The van der Waals surface area contributed by atoms with Crippen molar-refractivity contribution < 1.29 is 4.79 Å². The molecule has 3 aromatic rings. The Morgan fingerprint density at radius 1 is 0.952 bits per heavy atom. The Balaban J connectivity index is 1.96. The third-order valence-electron chi connectivity index (χ3n) is 3.44. The quantitative estimate of drug-likeness (QED) is 0.695. The number of hydrogen-bond acceptors (Lipinski definition) is 2. The summed E-state index contributed by atoms with van der Waals surface area (Å²) in [5, 5.41) is 4.92. The molecule has 3 nitrogen and oxygen atoms in total. The van der Waals surface area contributed by atoms with E-state index in [4.69, 9.17) is 5.73 Å². The van der Waals surface area contributed by atoms with Gasteiger partial charge < -0.3 is 11.1 Å². The van der Waals surface area contributed by atoms with Crippen LogP contribution in [0.25, 0.3) is 10.8 Å². The number of carbonyl (C=O) groups is 1. The zero-order valence-electron chi connectivity index (χ0n) is 11.8. The van der Waals surface area contributed by atoms with Gasteiger partial charge in [0.2, 0.25) is 0 Å². The van der Waals surface area contributed by atoms with Crippen LogP contribution in [0, 0.1) is 6.92 Å². The van der Waals surface area contributed by atoms with Gasteiger partial charge in [0.15, 0.2) is 0 Å². The molecule has 0 unspecified atom stereocenters. The van der Waals surface area contributed by atoms with E-state index in [1.165, 1.54) is 0 Å². The van der Waals surface area contributed by atoms with Crippen LogP contribution in [0.2, 0.25) is 0 Å². The number of anilines is 2. The van der Waals surface area contributed by atoms with Crippen LogP contribution in [0.1, 0.15) is 15.9 Å². The molecule has 0 aliphatic carbocycles. The van der Waals surface area contributed by atoms with Gasteiger partial charge >= 0.3 is 0 Å². The molecule has 3 rings (SSSR count). The van der Waals surface area contributed by atoms with Crippen molar-refractivity contribution in [3.05, 3.63) is 71.8 Å². The summed E-state index contributed by atoms with van der Waals surface area (Å²) in [7, 11) is 0. The normalized spacial score (nSPS) is 10.5. The highest BCUT2D eigenvalue weighted by atomic mass is 16.1. The molecule has 1 amide bonds. The summed E-state index contributed by atoms with van der Waals surface area (Å²) in [6.45, 7) is 1.99. The number of rotatable bonds is 2. The number of nitrogen functional groups attached to an aromatic ring is 1. The lowest BCUT2D eigenvalue weighted by atomic mass is 10.0. The molecule has 0 fully saturated rings. The van der Waals surface area contributed by atoms with Crippen molar-refractivity contribution in [2.45, 2.75) is 6.92 Å². The lowest BCUT2D eigenvalue weighted by Gasteiger charge is -2.09. The molecule has 0 radical (unpaired) electrons. The van der Waals surface area contributed by atoms with E-state index in [0.29, 0.717) is 11.3 Å². The summed E-state index contributed by atoms with van der Waals surface area (Å²) in [4.78, 5) is 12.4. The zero-order chi connectivity index (χ0) is 14.8. The van der Waals surface area contributed by atoms with Crippen molar-refractivity contribution in [3.8, 4) is 0 Å². The van der Waals surface area contributed by atoms with E-state index in [2.05, 4.69) is 5.32 Å². The van der Waals surface area contributed by atoms with Gasteiger partial charge in [-0.05, 0) is 47.5 Å². The van der Waals surface area contributed by atoms with Crippen LogP contribution in [0.15, 0.2) is 60.7 Å². The van der Waals surface area contributed by atoms with Crippen molar-refractivity contribution >= 4 is 28.1 Å². The number of nitrogens with one attached hydrogen (secondary N) is 1. The second-order valence-corrected chi connectivity index (χ2v) is 5.11. The van der Waals surface area contributed by atoms with Crippen LogP contribution >= 0.6 is 0 Å². The molecule has 0 spiro atoms. The molecule has 0 aliphatic rings. The first kappa shape index (κ1) is 13.2. The van der Waals surface area contributed by atoms with Crippen LogP contribution in [0.3, 0.4) is 0 Å². The van der Waals surface area contributed by atoms with Crippen LogP contribution in [0.5, 0.6) is 0 Å². The molecule has 3 N–H and O–H groups in total. The average Bonchev–Trinajstić information content (AvgIpc) is 2.46. The number of carbonyl (C=O) groups excluding carboxylic acids is 1. The first-order valence-electron chi connectivity index (χ1n) is 6.80. The lowest BCUT2D eigenvalue weighted by molar-refractivity contribution is 0.102. The van der Waals surface area contributed by atoms with Crippen molar-refractivity contribution in [1.29, 1.82) is 0 Å². The van der Waals surface area contributed by atoms with E-state index in [1.807, 2.05) is 67.6 Å². The molecule has 0 saturated carbocycles. The number of nitrogens with two attached hydrogens (primary N) is 1. The van der Waals surface area contributed by atoms with E-state index in [1.54, 1.807) is 0 Å². The zero-order valence-corrected chi connectivity index (χ0v) is 11.8. The van der Waals surface area contributed by atoms with Gasteiger partial charge in [0, 0.05) is 11.4 Å². The second kappa shape index (κ2) is 5.29. The third kappa shape index (κ3) is 2.72. The molecular formula is C18H16N2O. The summed E-state index contributed by atoms with van der Waals surface area (Å²) in [6, 6.07) is 19.2. The van der Waals surface area contributed by atoms with Gasteiger partial charge in [-0.3, -0.25) is 4.79 Å². The molecule has 3 aromatic carbocycles. The first-order valence-corrected chi connectivity index (χ1v) is 6.80. The smallest absolute Gasteiger partial charge is 0.257 e. The van der Waals surface area contributed by atoms with Gasteiger partial charge in [-0.25, -0.2) is 0 Å². The molecule has 0 saturated heterocycles. The van der Waals surface area contributed by atoms with Gasteiger partial charge in [-0.2, -0.15) is 0 Å². The second-order valence-electron chi connectivity index (χ2n) is 5.11. The van der Waals surface area contributed by atoms with E-state index in [0.717, 1.165) is 22.0 Å².